The van der Waals surface area contributed by atoms with Crippen LogP contribution in [-0.2, 0) is 0 Å². The molecule has 2 aliphatic rings. The fourth-order valence-electron chi connectivity index (χ4n) is 2.26. The van der Waals surface area contributed by atoms with Crippen LogP contribution in [0.5, 0.6) is 0 Å². The molecular formula is C11H14N2S. The van der Waals surface area contributed by atoms with Crippen LogP contribution in [0.4, 0.5) is 0 Å². The highest BCUT2D eigenvalue weighted by atomic mass is 32.2. The van der Waals surface area contributed by atoms with Crippen molar-refractivity contribution in [1.82, 2.24) is 4.57 Å². The molecule has 1 aromatic rings. The van der Waals surface area contributed by atoms with Gasteiger partial charge >= 0.3 is 0 Å². The van der Waals surface area contributed by atoms with Gasteiger partial charge in [-0.25, -0.2) is 0 Å². The highest BCUT2D eigenvalue weighted by molar-refractivity contribution is 8.14. The maximum Gasteiger partial charge on any atom is 0.168 e. The Bertz CT molecular complexity index is 342. The predicted octanol–water partition coefficient (Wildman–Crippen LogP) is 2.75. The lowest BCUT2D eigenvalue weighted by Gasteiger charge is -2.21. The second kappa shape index (κ2) is 3.46. The highest BCUT2D eigenvalue weighted by Gasteiger charge is 2.32. The summed E-state index contributed by atoms with van der Waals surface area (Å²) in [6.07, 6.45) is 9.57. The first-order valence-corrected chi connectivity index (χ1v) is 6.19. The summed E-state index contributed by atoms with van der Waals surface area (Å²) >= 11 is 1.97. The lowest BCUT2D eigenvalue weighted by Crippen LogP contribution is -2.21. The van der Waals surface area contributed by atoms with Gasteiger partial charge in [-0.2, -0.15) is 0 Å². The standard InChI is InChI=1S/C11H14N2S/c1-2-6-10-9(5-1)12-11(14-10)13-7-3-4-8-13/h3-4,7-10H,1-2,5-6H2/t9-,10-/m0/s1. The van der Waals surface area contributed by atoms with Crippen LogP contribution in [0.1, 0.15) is 25.7 Å². The van der Waals surface area contributed by atoms with Crippen LogP contribution in [-0.4, -0.2) is 21.0 Å². The zero-order chi connectivity index (χ0) is 9.38. The van der Waals surface area contributed by atoms with E-state index in [4.69, 9.17) is 4.99 Å². The Morgan fingerprint density at radius 3 is 2.79 bits per heavy atom. The van der Waals surface area contributed by atoms with Crippen LogP contribution in [0.3, 0.4) is 0 Å². The first kappa shape index (κ1) is 8.60. The van der Waals surface area contributed by atoms with Crippen molar-refractivity contribution in [2.45, 2.75) is 37.0 Å². The van der Waals surface area contributed by atoms with Gasteiger partial charge in [-0.05, 0) is 25.0 Å². The van der Waals surface area contributed by atoms with Crippen molar-refractivity contribution in [2.24, 2.45) is 4.99 Å². The Morgan fingerprint density at radius 2 is 2.00 bits per heavy atom. The number of aliphatic imine (C=N–C) groups is 1. The summed E-state index contributed by atoms with van der Waals surface area (Å²) in [4.78, 5) is 4.80. The third kappa shape index (κ3) is 1.40. The van der Waals surface area contributed by atoms with Crippen LogP contribution in [0.25, 0.3) is 0 Å². The van der Waals surface area contributed by atoms with E-state index in [-0.39, 0.29) is 0 Å². The molecule has 74 valence electrons. The van der Waals surface area contributed by atoms with Gasteiger partial charge in [-0.1, -0.05) is 24.6 Å². The number of thioether (sulfide) groups is 1. The van der Waals surface area contributed by atoms with Gasteiger partial charge in [0.15, 0.2) is 5.17 Å². The van der Waals surface area contributed by atoms with Gasteiger partial charge in [0.1, 0.15) is 0 Å². The number of fused-ring (bicyclic) bond motifs is 1. The van der Waals surface area contributed by atoms with E-state index in [1.165, 1.54) is 30.9 Å². The molecule has 1 aromatic heterocycles. The number of nitrogens with zero attached hydrogens (tertiary/aromatic N) is 2. The van der Waals surface area contributed by atoms with Gasteiger partial charge in [0, 0.05) is 17.6 Å². The fraction of sp³-hybridized carbons (Fsp3) is 0.545. The van der Waals surface area contributed by atoms with Gasteiger partial charge in [-0.3, -0.25) is 4.99 Å². The van der Waals surface area contributed by atoms with E-state index < -0.39 is 0 Å². The van der Waals surface area contributed by atoms with Gasteiger partial charge in [0.25, 0.3) is 0 Å². The van der Waals surface area contributed by atoms with E-state index in [9.17, 15) is 0 Å². The Kier molecular flexibility index (Phi) is 2.13. The monoisotopic (exact) mass is 206 g/mol. The highest BCUT2D eigenvalue weighted by Crippen LogP contribution is 2.37. The molecule has 2 nitrogen and oxygen atoms in total. The Hall–Kier alpha value is -0.700. The molecule has 1 saturated carbocycles. The fourth-order valence-corrected chi connectivity index (χ4v) is 3.61. The van der Waals surface area contributed by atoms with Gasteiger partial charge in [-0.15, -0.1) is 0 Å². The summed E-state index contributed by atoms with van der Waals surface area (Å²) in [6, 6.07) is 4.72. The van der Waals surface area contributed by atoms with Crippen LogP contribution >= 0.6 is 11.8 Å². The van der Waals surface area contributed by atoms with Crippen LogP contribution in [0.15, 0.2) is 29.5 Å². The normalized spacial score (nSPS) is 31.3. The molecule has 0 radical (unpaired) electrons. The summed E-state index contributed by atoms with van der Waals surface area (Å²) in [7, 11) is 0. The van der Waals surface area contributed by atoms with E-state index in [1.54, 1.807) is 0 Å². The first-order valence-electron chi connectivity index (χ1n) is 5.31. The summed E-state index contributed by atoms with van der Waals surface area (Å²) in [5.74, 6) is 0. The van der Waals surface area contributed by atoms with Crippen molar-refractivity contribution in [2.75, 3.05) is 0 Å². The Balaban J connectivity index is 1.83. The van der Waals surface area contributed by atoms with Crippen molar-refractivity contribution >= 4 is 16.9 Å². The largest absolute Gasteiger partial charge is 0.303 e. The molecule has 0 unspecified atom stereocenters. The third-order valence-electron chi connectivity index (χ3n) is 3.03. The van der Waals surface area contributed by atoms with Crippen molar-refractivity contribution < 1.29 is 0 Å². The molecule has 1 aliphatic heterocycles. The van der Waals surface area contributed by atoms with E-state index >= 15 is 0 Å². The number of hydrogen-bond acceptors (Lipinski definition) is 2. The van der Waals surface area contributed by atoms with Crippen molar-refractivity contribution in [3.8, 4) is 0 Å². The number of rotatable bonds is 0. The van der Waals surface area contributed by atoms with Gasteiger partial charge in [0.05, 0.1) is 6.04 Å². The minimum absolute atomic E-state index is 0.603. The molecule has 0 saturated heterocycles. The Morgan fingerprint density at radius 1 is 1.21 bits per heavy atom. The SMILES string of the molecule is c1ccn(C2=N[C@H]3CCCC[C@@H]3S2)c1. The van der Waals surface area contributed by atoms with Gasteiger partial charge < -0.3 is 4.57 Å². The zero-order valence-electron chi connectivity index (χ0n) is 8.10. The second-order valence-electron chi connectivity index (χ2n) is 4.01. The molecule has 1 aliphatic carbocycles. The number of hydrogen-bond donors (Lipinski definition) is 0. The summed E-state index contributed by atoms with van der Waals surface area (Å²) < 4.78 is 2.14. The molecule has 3 rings (SSSR count). The molecule has 1 fully saturated rings. The quantitative estimate of drug-likeness (QED) is 0.638. The van der Waals surface area contributed by atoms with Crippen LogP contribution < -0.4 is 0 Å². The Labute approximate surface area is 88.4 Å². The predicted molar refractivity (Wildman–Crippen MR) is 60.9 cm³/mol. The van der Waals surface area contributed by atoms with Gasteiger partial charge in [0.2, 0.25) is 0 Å². The molecule has 14 heavy (non-hydrogen) atoms. The average Bonchev–Trinajstić information content (AvgIpc) is 2.86. The zero-order valence-corrected chi connectivity index (χ0v) is 8.91. The maximum atomic E-state index is 4.80. The maximum absolute atomic E-state index is 4.80. The van der Waals surface area contributed by atoms with Crippen molar-refractivity contribution in [1.29, 1.82) is 0 Å². The average molecular weight is 206 g/mol. The van der Waals surface area contributed by atoms with Crippen molar-refractivity contribution in [3.05, 3.63) is 24.5 Å². The van der Waals surface area contributed by atoms with E-state index in [2.05, 4.69) is 29.1 Å². The molecule has 0 aromatic carbocycles. The number of aromatic nitrogens is 1. The smallest absolute Gasteiger partial charge is 0.168 e. The van der Waals surface area contributed by atoms with E-state index in [1.807, 2.05) is 11.8 Å². The minimum Gasteiger partial charge on any atom is -0.303 e. The first-order chi connectivity index (χ1) is 6.93. The van der Waals surface area contributed by atoms with Crippen molar-refractivity contribution in [3.63, 3.8) is 0 Å². The van der Waals surface area contributed by atoms with E-state index in [0.717, 1.165) is 5.25 Å². The molecule has 3 heteroatoms. The molecule has 0 amide bonds. The molecular weight excluding hydrogens is 192 g/mol. The molecule has 2 heterocycles. The van der Waals surface area contributed by atoms with Crippen LogP contribution in [0, 0.1) is 0 Å². The molecule has 0 bridgehead atoms. The van der Waals surface area contributed by atoms with E-state index in [0.29, 0.717) is 6.04 Å². The lowest BCUT2D eigenvalue weighted by molar-refractivity contribution is 0.461. The topological polar surface area (TPSA) is 17.3 Å². The lowest BCUT2D eigenvalue weighted by atomic mass is 9.96. The molecule has 0 N–H and O–H groups in total. The minimum atomic E-state index is 0.603. The van der Waals surface area contributed by atoms with Crippen LogP contribution in [0.2, 0.25) is 0 Å². The third-order valence-corrected chi connectivity index (χ3v) is 4.41. The molecule has 0 spiro atoms. The molecule has 2 atom stereocenters. The summed E-state index contributed by atoms with van der Waals surface area (Å²) in [6.45, 7) is 0. The summed E-state index contributed by atoms with van der Waals surface area (Å²) in [5, 5.41) is 1.97. The second-order valence-corrected chi connectivity index (χ2v) is 5.22. The summed E-state index contributed by atoms with van der Waals surface area (Å²) in [5.41, 5.74) is 0.